The van der Waals surface area contributed by atoms with Gasteiger partial charge in [-0.15, -0.1) is 0 Å². The molecule has 0 saturated heterocycles. The second-order valence-corrected chi connectivity index (χ2v) is 12.3. The standard InChI is InChI=1S/C22H22N2.2F6P/c1-15-13-21(23(3)19-11-7-5-9-17(15)19)22-14-16(2)18-10-6-8-12-20(18)24(22)4;2*1-7(2,3,4,5)6/h5-14H,1-4H3;;/q+2;2*-1. The maximum atomic E-state index is 9.87. The molecule has 2 aromatic heterocycles. The van der Waals surface area contributed by atoms with Crippen molar-refractivity contribution in [1.29, 1.82) is 0 Å². The first kappa shape index (κ1) is 31.5. The molecule has 4 aromatic rings. The van der Waals surface area contributed by atoms with Crippen LogP contribution >= 0.6 is 15.6 Å². The van der Waals surface area contributed by atoms with Crippen molar-refractivity contribution in [2.75, 3.05) is 0 Å². The van der Waals surface area contributed by atoms with Crippen molar-refractivity contribution in [3.8, 4) is 11.4 Å². The number of hydrogen-bond acceptors (Lipinski definition) is 0. The van der Waals surface area contributed by atoms with Gasteiger partial charge in [-0.2, -0.15) is 9.13 Å². The number of para-hydroxylation sites is 2. The third-order valence-electron chi connectivity index (χ3n) is 5.07. The second kappa shape index (κ2) is 8.39. The normalized spacial score (nSPS) is 15.7. The van der Waals surface area contributed by atoms with Gasteiger partial charge in [0.1, 0.15) is 14.1 Å². The summed E-state index contributed by atoms with van der Waals surface area (Å²) in [6.07, 6.45) is 0. The Morgan fingerprint density at radius 1 is 0.474 bits per heavy atom. The Balaban J connectivity index is 0.000000301. The molecular weight excluding hydrogens is 582 g/mol. The molecule has 2 heterocycles. The third-order valence-corrected chi connectivity index (χ3v) is 5.07. The summed E-state index contributed by atoms with van der Waals surface area (Å²) in [5.74, 6) is 0. The Morgan fingerprint density at radius 3 is 0.974 bits per heavy atom. The summed E-state index contributed by atoms with van der Waals surface area (Å²) < 4.78 is 123. The van der Waals surface area contributed by atoms with Gasteiger partial charge in [-0.3, -0.25) is 0 Å². The Bertz CT molecular complexity index is 1390. The topological polar surface area (TPSA) is 7.76 Å². The van der Waals surface area contributed by atoms with Gasteiger partial charge in [-0.25, -0.2) is 0 Å². The van der Waals surface area contributed by atoms with Gasteiger partial charge in [0.15, 0.2) is 0 Å². The van der Waals surface area contributed by atoms with E-state index in [9.17, 15) is 50.4 Å². The van der Waals surface area contributed by atoms with E-state index in [1.807, 2.05) is 0 Å². The number of nitrogens with zero attached hydrogens (tertiary/aromatic N) is 2. The van der Waals surface area contributed by atoms with E-state index in [4.69, 9.17) is 0 Å². The van der Waals surface area contributed by atoms with E-state index < -0.39 is 15.6 Å². The summed E-state index contributed by atoms with van der Waals surface area (Å²) >= 11 is 0. The van der Waals surface area contributed by atoms with Crippen molar-refractivity contribution in [2.45, 2.75) is 13.8 Å². The molecule has 16 heteroatoms. The van der Waals surface area contributed by atoms with E-state index in [1.54, 1.807) is 0 Å². The molecule has 0 radical (unpaired) electrons. The quantitative estimate of drug-likeness (QED) is 0.116. The van der Waals surface area contributed by atoms with Crippen LogP contribution < -0.4 is 9.13 Å². The molecule has 0 fully saturated rings. The minimum atomic E-state index is -10.7. The van der Waals surface area contributed by atoms with Crippen LogP contribution in [0.25, 0.3) is 33.2 Å². The average molecular weight is 604 g/mol. The van der Waals surface area contributed by atoms with Gasteiger partial charge in [0, 0.05) is 35.0 Å². The summed E-state index contributed by atoms with van der Waals surface area (Å²) in [4.78, 5) is 0. The first-order chi connectivity index (χ1) is 16.5. The number of hydrogen-bond donors (Lipinski definition) is 0. The molecule has 0 aliphatic rings. The number of benzene rings is 2. The SMILES string of the molecule is Cc1cc(-c2cc(C)c3ccccc3[n+]2C)[n+](C)c2ccccc12.F[P-](F)(F)(F)(F)F.F[P-](F)(F)(F)(F)F. The maximum absolute atomic E-state index is 10.7. The molecule has 0 spiro atoms. The first-order valence-corrected chi connectivity index (χ1v) is 14.4. The molecule has 0 aliphatic carbocycles. The monoisotopic (exact) mass is 604 g/mol. The van der Waals surface area contributed by atoms with Crippen LogP contribution in [0.1, 0.15) is 11.1 Å². The van der Waals surface area contributed by atoms with Crippen LogP contribution in [0.3, 0.4) is 0 Å². The Hall–Kier alpha value is -2.72. The number of rotatable bonds is 1. The molecule has 0 atom stereocenters. The molecule has 4 rings (SSSR count). The number of pyridine rings is 2. The van der Waals surface area contributed by atoms with Crippen molar-refractivity contribution >= 4 is 37.4 Å². The molecule has 2 nitrogen and oxygen atoms in total. The van der Waals surface area contributed by atoms with E-state index in [0.717, 1.165) is 0 Å². The third kappa shape index (κ3) is 11.3. The number of fused-ring (bicyclic) bond motifs is 2. The number of aryl methyl sites for hydroxylation is 4. The summed E-state index contributed by atoms with van der Waals surface area (Å²) in [5, 5.41) is 2.62. The molecule has 2 aromatic carbocycles. The fourth-order valence-electron chi connectivity index (χ4n) is 3.71. The van der Waals surface area contributed by atoms with E-state index in [-0.39, 0.29) is 0 Å². The van der Waals surface area contributed by atoms with Crippen molar-refractivity contribution < 1.29 is 59.5 Å². The van der Waals surface area contributed by atoms with E-state index >= 15 is 0 Å². The zero-order valence-corrected chi connectivity index (χ0v) is 21.9. The van der Waals surface area contributed by atoms with E-state index in [0.29, 0.717) is 0 Å². The van der Waals surface area contributed by atoms with Gasteiger partial charge in [0.2, 0.25) is 11.0 Å². The molecule has 38 heavy (non-hydrogen) atoms. The molecular formula is C22H22F12N2P2. The van der Waals surface area contributed by atoms with Gasteiger partial charge >= 0.3 is 66.0 Å². The molecule has 0 N–H and O–H groups in total. The van der Waals surface area contributed by atoms with Crippen LogP contribution in [0.4, 0.5) is 50.4 Å². The average Bonchev–Trinajstić information content (AvgIpc) is 2.69. The van der Waals surface area contributed by atoms with Gasteiger partial charge in [-0.05, 0) is 37.1 Å². The summed E-state index contributed by atoms with van der Waals surface area (Å²) in [6.45, 7) is 4.39. The van der Waals surface area contributed by atoms with Gasteiger partial charge < -0.3 is 0 Å². The minimum absolute atomic E-state index is 1.24. The van der Waals surface area contributed by atoms with Crippen molar-refractivity contribution in [1.82, 2.24) is 0 Å². The molecule has 0 saturated carbocycles. The zero-order valence-electron chi connectivity index (χ0n) is 20.1. The Morgan fingerprint density at radius 2 is 0.711 bits per heavy atom. The number of halogens is 12. The summed E-state index contributed by atoms with van der Waals surface area (Å²) in [6, 6.07) is 21.8. The molecule has 0 bridgehead atoms. The van der Waals surface area contributed by atoms with Crippen molar-refractivity contribution in [3.63, 3.8) is 0 Å². The Labute approximate surface area is 208 Å². The van der Waals surface area contributed by atoms with Gasteiger partial charge in [-0.1, -0.05) is 24.3 Å². The van der Waals surface area contributed by atoms with Crippen LogP contribution in [0.2, 0.25) is 0 Å². The van der Waals surface area contributed by atoms with Crippen LogP contribution in [0.15, 0.2) is 60.7 Å². The van der Waals surface area contributed by atoms with Gasteiger partial charge in [0.25, 0.3) is 11.4 Å². The van der Waals surface area contributed by atoms with Crippen LogP contribution in [-0.2, 0) is 14.1 Å². The van der Waals surface area contributed by atoms with Crippen LogP contribution in [0.5, 0.6) is 0 Å². The molecule has 0 unspecified atom stereocenters. The fraction of sp³-hybridized carbons (Fsp3) is 0.182. The van der Waals surface area contributed by atoms with E-state index in [1.165, 1.54) is 44.3 Å². The van der Waals surface area contributed by atoms with Crippen LogP contribution in [0, 0.1) is 13.8 Å². The van der Waals surface area contributed by atoms with Crippen molar-refractivity contribution in [3.05, 3.63) is 71.8 Å². The van der Waals surface area contributed by atoms with Gasteiger partial charge in [0.05, 0.1) is 0 Å². The van der Waals surface area contributed by atoms with Crippen molar-refractivity contribution in [2.24, 2.45) is 14.1 Å². The second-order valence-electron chi connectivity index (χ2n) is 8.49. The van der Waals surface area contributed by atoms with Crippen LogP contribution in [-0.4, -0.2) is 0 Å². The number of aromatic nitrogens is 2. The zero-order chi connectivity index (χ0) is 29.7. The predicted molar refractivity (Wildman–Crippen MR) is 126 cm³/mol. The molecule has 214 valence electrons. The first-order valence-electron chi connectivity index (χ1n) is 10.4. The van der Waals surface area contributed by atoms with E-state index in [2.05, 4.69) is 97.7 Å². The predicted octanol–water partition coefficient (Wildman–Crippen LogP) is 10.7. The summed E-state index contributed by atoms with van der Waals surface area (Å²) in [5.41, 5.74) is 7.62. The summed E-state index contributed by atoms with van der Waals surface area (Å²) in [7, 11) is -17.0. The molecule has 0 amide bonds. The molecule has 0 aliphatic heterocycles. The fourth-order valence-corrected chi connectivity index (χ4v) is 3.71. The Kier molecular flexibility index (Phi) is 6.95.